The summed E-state index contributed by atoms with van der Waals surface area (Å²) >= 11 is 0. The van der Waals surface area contributed by atoms with Crippen molar-refractivity contribution in [3.8, 4) is 0 Å². The zero-order chi connectivity index (χ0) is 14.4. The van der Waals surface area contributed by atoms with E-state index in [1.165, 1.54) is 5.56 Å². The molecule has 2 heteroatoms. The summed E-state index contributed by atoms with van der Waals surface area (Å²) in [5.74, 6) is 0. The zero-order valence-corrected chi connectivity index (χ0v) is 13.1. The Labute approximate surface area is 116 Å². The average molecular weight is 256 g/mol. The van der Waals surface area contributed by atoms with Crippen LogP contribution in [0.1, 0.15) is 58.5 Å². The van der Waals surface area contributed by atoms with Crippen LogP contribution >= 0.6 is 0 Å². The van der Waals surface area contributed by atoms with E-state index in [0.717, 1.165) is 22.4 Å². The standard InChI is InChI=1S/C17H24N2/c1-11-15(17(5,6)7)19-14-10-12(16(2,3)4)8-9-13(14)18-11/h8-10H,1-7H3. The fourth-order valence-electron chi connectivity index (χ4n) is 2.32. The van der Waals surface area contributed by atoms with Crippen LogP contribution in [0.3, 0.4) is 0 Å². The predicted octanol–water partition coefficient (Wildman–Crippen LogP) is 4.53. The molecule has 0 spiro atoms. The molecule has 0 aliphatic carbocycles. The number of benzene rings is 1. The van der Waals surface area contributed by atoms with Gasteiger partial charge in [0.1, 0.15) is 0 Å². The van der Waals surface area contributed by atoms with Crippen LogP contribution in [-0.2, 0) is 10.8 Å². The second-order valence-electron chi connectivity index (χ2n) is 7.36. The first kappa shape index (κ1) is 14.0. The van der Waals surface area contributed by atoms with Crippen molar-refractivity contribution in [2.24, 2.45) is 0 Å². The van der Waals surface area contributed by atoms with Crippen LogP contribution in [-0.4, -0.2) is 9.97 Å². The van der Waals surface area contributed by atoms with Crippen molar-refractivity contribution in [1.29, 1.82) is 0 Å². The number of fused-ring (bicyclic) bond motifs is 1. The van der Waals surface area contributed by atoms with Crippen molar-refractivity contribution >= 4 is 11.0 Å². The minimum absolute atomic E-state index is 0.0308. The second-order valence-corrected chi connectivity index (χ2v) is 7.36. The summed E-state index contributed by atoms with van der Waals surface area (Å²) in [6.45, 7) is 15.3. The van der Waals surface area contributed by atoms with E-state index in [9.17, 15) is 0 Å². The topological polar surface area (TPSA) is 25.8 Å². The molecule has 1 aromatic carbocycles. The Hall–Kier alpha value is -1.44. The zero-order valence-electron chi connectivity index (χ0n) is 13.1. The van der Waals surface area contributed by atoms with Gasteiger partial charge in [-0.2, -0.15) is 0 Å². The highest BCUT2D eigenvalue weighted by Gasteiger charge is 2.21. The molecule has 0 amide bonds. The van der Waals surface area contributed by atoms with Gasteiger partial charge in [0.05, 0.1) is 22.4 Å². The maximum atomic E-state index is 4.86. The van der Waals surface area contributed by atoms with Crippen molar-refractivity contribution in [2.45, 2.75) is 59.3 Å². The molecular formula is C17H24N2. The van der Waals surface area contributed by atoms with Crippen molar-refractivity contribution in [3.05, 3.63) is 35.2 Å². The minimum atomic E-state index is 0.0308. The van der Waals surface area contributed by atoms with Gasteiger partial charge in [0.25, 0.3) is 0 Å². The number of aromatic nitrogens is 2. The number of hydrogen-bond acceptors (Lipinski definition) is 2. The van der Waals surface area contributed by atoms with Gasteiger partial charge in [0.2, 0.25) is 0 Å². The van der Waals surface area contributed by atoms with Crippen molar-refractivity contribution in [2.75, 3.05) is 0 Å². The first-order chi connectivity index (χ1) is 8.59. The van der Waals surface area contributed by atoms with Crippen molar-refractivity contribution < 1.29 is 0 Å². The lowest BCUT2D eigenvalue weighted by Gasteiger charge is -2.22. The quantitative estimate of drug-likeness (QED) is 0.692. The summed E-state index contributed by atoms with van der Waals surface area (Å²) in [6.07, 6.45) is 0. The molecule has 1 heterocycles. The molecule has 0 unspecified atom stereocenters. The largest absolute Gasteiger partial charge is 0.250 e. The highest BCUT2D eigenvalue weighted by molar-refractivity contribution is 5.75. The highest BCUT2D eigenvalue weighted by Crippen LogP contribution is 2.28. The molecule has 0 radical (unpaired) electrons. The molecule has 102 valence electrons. The number of hydrogen-bond donors (Lipinski definition) is 0. The third-order valence-electron chi connectivity index (χ3n) is 3.41. The second kappa shape index (κ2) is 4.29. The number of rotatable bonds is 0. The fraction of sp³-hybridized carbons (Fsp3) is 0.529. The molecule has 0 N–H and O–H groups in total. The van der Waals surface area contributed by atoms with Gasteiger partial charge in [0.15, 0.2) is 0 Å². The van der Waals surface area contributed by atoms with Crippen LogP contribution < -0.4 is 0 Å². The molecule has 0 bridgehead atoms. The van der Waals surface area contributed by atoms with Gasteiger partial charge in [-0.1, -0.05) is 47.6 Å². The van der Waals surface area contributed by atoms with Gasteiger partial charge in [-0.3, -0.25) is 0 Å². The molecule has 0 aliphatic rings. The lowest BCUT2D eigenvalue weighted by atomic mass is 9.86. The van der Waals surface area contributed by atoms with Crippen LogP contribution in [0.25, 0.3) is 11.0 Å². The van der Waals surface area contributed by atoms with Crippen LogP contribution in [0, 0.1) is 6.92 Å². The summed E-state index contributed by atoms with van der Waals surface area (Å²) < 4.78 is 0. The Balaban J connectivity index is 2.69. The third kappa shape index (κ3) is 2.78. The Morgan fingerprint density at radius 3 is 1.95 bits per heavy atom. The van der Waals surface area contributed by atoms with Gasteiger partial charge in [-0.15, -0.1) is 0 Å². The van der Waals surface area contributed by atoms with Crippen molar-refractivity contribution in [3.63, 3.8) is 0 Å². The summed E-state index contributed by atoms with van der Waals surface area (Å²) in [7, 11) is 0. The normalized spacial score (nSPS) is 13.0. The Bertz CT molecular complexity index is 613. The smallest absolute Gasteiger partial charge is 0.0893 e. The van der Waals surface area contributed by atoms with E-state index in [1.54, 1.807) is 0 Å². The molecule has 2 aromatic rings. The van der Waals surface area contributed by atoms with E-state index in [1.807, 2.05) is 6.92 Å². The Kier molecular flexibility index (Phi) is 3.16. The molecule has 0 atom stereocenters. The molecule has 0 saturated carbocycles. The van der Waals surface area contributed by atoms with Gasteiger partial charge in [0, 0.05) is 5.41 Å². The molecule has 2 nitrogen and oxygen atoms in total. The number of nitrogens with zero attached hydrogens (tertiary/aromatic N) is 2. The molecular weight excluding hydrogens is 232 g/mol. The van der Waals surface area contributed by atoms with E-state index in [0.29, 0.717) is 0 Å². The molecule has 1 aromatic heterocycles. The summed E-state index contributed by atoms with van der Waals surface area (Å²) in [5, 5.41) is 0. The summed E-state index contributed by atoms with van der Waals surface area (Å²) in [4.78, 5) is 9.56. The third-order valence-corrected chi connectivity index (χ3v) is 3.41. The molecule has 0 saturated heterocycles. The van der Waals surface area contributed by atoms with Gasteiger partial charge in [-0.25, -0.2) is 9.97 Å². The summed E-state index contributed by atoms with van der Waals surface area (Å²) in [5.41, 5.74) is 5.58. The van der Waals surface area contributed by atoms with Crippen LogP contribution in [0.2, 0.25) is 0 Å². The van der Waals surface area contributed by atoms with Crippen LogP contribution in [0.5, 0.6) is 0 Å². The van der Waals surface area contributed by atoms with E-state index < -0.39 is 0 Å². The van der Waals surface area contributed by atoms with E-state index in [4.69, 9.17) is 9.97 Å². The SMILES string of the molecule is Cc1nc2ccc(C(C)(C)C)cc2nc1C(C)(C)C. The van der Waals surface area contributed by atoms with Crippen LogP contribution in [0.4, 0.5) is 0 Å². The average Bonchev–Trinajstić information content (AvgIpc) is 2.24. The molecule has 0 fully saturated rings. The highest BCUT2D eigenvalue weighted by atomic mass is 14.8. The van der Waals surface area contributed by atoms with Gasteiger partial charge >= 0.3 is 0 Å². The van der Waals surface area contributed by atoms with Gasteiger partial charge in [-0.05, 0) is 30.0 Å². The molecule has 19 heavy (non-hydrogen) atoms. The monoisotopic (exact) mass is 256 g/mol. The first-order valence-corrected chi connectivity index (χ1v) is 6.88. The van der Waals surface area contributed by atoms with E-state index in [-0.39, 0.29) is 10.8 Å². The fourth-order valence-corrected chi connectivity index (χ4v) is 2.32. The Morgan fingerprint density at radius 2 is 1.42 bits per heavy atom. The predicted molar refractivity (Wildman–Crippen MR) is 81.7 cm³/mol. The van der Waals surface area contributed by atoms with Gasteiger partial charge < -0.3 is 0 Å². The lowest BCUT2D eigenvalue weighted by molar-refractivity contribution is 0.562. The maximum absolute atomic E-state index is 4.86. The van der Waals surface area contributed by atoms with Crippen molar-refractivity contribution in [1.82, 2.24) is 9.97 Å². The Morgan fingerprint density at radius 1 is 0.789 bits per heavy atom. The number of aryl methyl sites for hydroxylation is 1. The first-order valence-electron chi connectivity index (χ1n) is 6.88. The van der Waals surface area contributed by atoms with E-state index >= 15 is 0 Å². The minimum Gasteiger partial charge on any atom is -0.250 e. The summed E-state index contributed by atoms with van der Waals surface area (Å²) in [6, 6.07) is 6.42. The lowest BCUT2D eigenvalue weighted by Crippen LogP contribution is -2.17. The molecule has 2 rings (SSSR count). The maximum Gasteiger partial charge on any atom is 0.0893 e. The van der Waals surface area contributed by atoms with Crippen LogP contribution in [0.15, 0.2) is 18.2 Å². The van der Waals surface area contributed by atoms with E-state index in [2.05, 4.69) is 59.7 Å². The molecule has 0 aliphatic heterocycles.